The molecule has 1 aromatic rings. The van der Waals surface area contributed by atoms with Crippen molar-refractivity contribution in [2.75, 3.05) is 12.4 Å². The first-order valence-corrected chi connectivity index (χ1v) is 5.88. The van der Waals surface area contributed by atoms with Crippen LogP contribution < -0.4 is 4.74 Å². The van der Waals surface area contributed by atoms with Gasteiger partial charge in [-0.1, -0.05) is 26.0 Å². The largest absolute Gasteiger partial charge is 0.486 e. The lowest BCUT2D eigenvalue weighted by atomic mass is 10.3. The summed E-state index contributed by atoms with van der Waals surface area (Å²) in [6, 6.07) is 7.91. The third kappa shape index (κ3) is 2.66. The highest BCUT2D eigenvalue weighted by Gasteiger charge is 2.18. The number of fused-ring (bicyclic) bond motifs is 1. The molecule has 14 heavy (non-hydrogen) atoms. The van der Waals surface area contributed by atoms with Crippen molar-refractivity contribution >= 4 is 11.8 Å². The van der Waals surface area contributed by atoms with Crippen molar-refractivity contribution in [1.82, 2.24) is 0 Å². The lowest BCUT2D eigenvalue weighted by Crippen LogP contribution is -2.26. The van der Waals surface area contributed by atoms with Crippen molar-refractivity contribution in [2.45, 2.75) is 24.8 Å². The summed E-state index contributed by atoms with van der Waals surface area (Å²) in [5.74, 6) is 1.74. The van der Waals surface area contributed by atoms with E-state index in [1.807, 2.05) is 38.1 Å². The fourth-order valence-corrected chi connectivity index (χ4v) is 2.13. The van der Waals surface area contributed by atoms with Gasteiger partial charge in [-0.3, -0.25) is 0 Å². The molecule has 0 radical (unpaired) electrons. The highest BCUT2D eigenvalue weighted by atomic mass is 32.2. The van der Waals surface area contributed by atoms with Gasteiger partial charge in [0.1, 0.15) is 11.9 Å². The van der Waals surface area contributed by atoms with Crippen molar-refractivity contribution < 1.29 is 9.84 Å². The Balaban J connectivity index is 0.000000461. The van der Waals surface area contributed by atoms with Crippen LogP contribution in [-0.4, -0.2) is 23.6 Å². The Hall–Kier alpha value is -0.670. The van der Waals surface area contributed by atoms with Crippen LogP contribution in [0.25, 0.3) is 0 Å². The monoisotopic (exact) mass is 212 g/mol. The summed E-state index contributed by atoms with van der Waals surface area (Å²) < 4.78 is 5.51. The van der Waals surface area contributed by atoms with Gasteiger partial charge in [-0.2, -0.15) is 0 Å². The Morgan fingerprint density at radius 3 is 2.86 bits per heavy atom. The van der Waals surface area contributed by atoms with Crippen molar-refractivity contribution in [3.8, 4) is 5.75 Å². The summed E-state index contributed by atoms with van der Waals surface area (Å²) in [5, 5.41) is 8.88. The minimum Gasteiger partial charge on any atom is -0.486 e. The smallest absolute Gasteiger partial charge is 0.133 e. The minimum absolute atomic E-state index is 0.0371. The number of aliphatic hydroxyl groups is 1. The summed E-state index contributed by atoms with van der Waals surface area (Å²) in [4.78, 5) is 1.17. The van der Waals surface area contributed by atoms with E-state index in [0.717, 1.165) is 11.5 Å². The molecule has 1 aromatic carbocycles. The van der Waals surface area contributed by atoms with Crippen LogP contribution in [0.4, 0.5) is 0 Å². The highest BCUT2D eigenvalue weighted by molar-refractivity contribution is 7.99. The topological polar surface area (TPSA) is 29.5 Å². The van der Waals surface area contributed by atoms with Crippen LogP contribution in [-0.2, 0) is 0 Å². The number of hydrogen-bond donors (Lipinski definition) is 1. The Kier molecular flexibility index (Phi) is 4.84. The average molecular weight is 212 g/mol. The molecule has 1 atom stereocenters. The van der Waals surface area contributed by atoms with Crippen LogP contribution in [0.2, 0.25) is 0 Å². The zero-order valence-corrected chi connectivity index (χ0v) is 9.38. The van der Waals surface area contributed by atoms with E-state index in [1.165, 1.54) is 4.90 Å². The Labute approximate surface area is 89.3 Å². The number of para-hydroxylation sites is 1. The van der Waals surface area contributed by atoms with E-state index < -0.39 is 0 Å². The van der Waals surface area contributed by atoms with Gasteiger partial charge < -0.3 is 9.84 Å². The summed E-state index contributed by atoms with van der Waals surface area (Å²) in [6.45, 7) is 4.10. The Morgan fingerprint density at radius 2 is 2.14 bits per heavy atom. The molecule has 0 spiro atoms. The molecule has 2 rings (SSSR count). The first kappa shape index (κ1) is 11.4. The van der Waals surface area contributed by atoms with Gasteiger partial charge >= 0.3 is 0 Å². The van der Waals surface area contributed by atoms with Crippen molar-refractivity contribution in [3.63, 3.8) is 0 Å². The predicted molar refractivity (Wildman–Crippen MR) is 60.0 cm³/mol. The molecule has 0 saturated heterocycles. The molecule has 1 N–H and O–H groups in total. The molecule has 2 nitrogen and oxygen atoms in total. The van der Waals surface area contributed by atoms with E-state index >= 15 is 0 Å². The molecule has 1 heterocycles. The molecular weight excluding hydrogens is 196 g/mol. The Morgan fingerprint density at radius 1 is 1.43 bits per heavy atom. The van der Waals surface area contributed by atoms with Gasteiger partial charge in [0, 0.05) is 10.6 Å². The van der Waals surface area contributed by atoms with Gasteiger partial charge in [0.05, 0.1) is 6.61 Å². The summed E-state index contributed by atoms with van der Waals surface area (Å²) >= 11 is 1.74. The van der Waals surface area contributed by atoms with Crippen LogP contribution in [0.5, 0.6) is 5.75 Å². The van der Waals surface area contributed by atoms with E-state index in [4.69, 9.17) is 9.84 Å². The van der Waals surface area contributed by atoms with Gasteiger partial charge in [-0.05, 0) is 12.1 Å². The maximum atomic E-state index is 8.88. The molecule has 0 unspecified atom stereocenters. The quantitative estimate of drug-likeness (QED) is 0.775. The highest BCUT2D eigenvalue weighted by Crippen LogP contribution is 2.34. The van der Waals surface area contributed by atoms with Crippen LogP contribution in [0.3, 0.4) is 0 Å². The lowest BCUT2D eigenvalue weighted by molar-refractivity contribution is 0.127. The van der Waals surface area contributed by atoms with Crippen LogP contribution in [0.15, 0.2) is 29.2 Å². The first-order valence-electron chi connectivity index (χ1n) is 4.89. The van der Waals surface area contributed by atoms with Gasteiger partial charge in [0.15, 0.2) is 0 Å². The fourth-order valence-electron chi connectivity index (χ4n) is 1.15. The number of thioether (sulfide) groups is 1. The van der Waals surface area contributed by atoms with Crippen molar-refractivity contribution in [1.29, 1.82) is 0 Å². The number of rotatable bonds is 1. The molecule has 1 aliphatic heterocycles. The SMILES string of the molecule is CC.OC[C@H]1CSc2ccccc2O1. The zero-order valence-electron chi connectivity index (χ0n) is 8.56. The maximum absolute atomic E-state index is 8.88. The number of ether oxygens (including phenoxy) is 1. The molecular formula is C11H16O2S. The molecule has 78 valence electrons. The summed E-state index contributed by atoms with van der Waals surface area (Å²) in [6.07, 6.45) is -0.0371. The normalized spacial score (nSPS) is 18.6. The van der Waals surface area contributed by atoms with Gasteiger partial charge in [-0.25, -0.2) is 0 Å². The van der Waals surface area contributed by atoms with E-state index in [0.29, 0.717) is 0 Å². The number of hydrogen-bond acceptors (Lipinski definition) is 3. The zero-order chi connectivity index (χ0) is 10.4. The third-order valence-corrected chi connectivity index (χ3v) is 2.96. The molecule has 0 saturated carbocycles. The second-order valence-electron chi connectivity index (χ2n) is 2.68. The molecule has 0 amide bonds. The molecule has 0 aliphatic carbocycles. The fraction of sp³-hybridized carbons (Fsp3) is 0.455. The van der Waals surface area contributed by atoms with Crippen molar-refractivity contribution in [2.24, 2.45) is 0 Å². The molecule has 0 aromatic heterocycles. The standard InChI is InChI=1S/C9H10O2S.C2H6/c10-5-7-6-12-9-4-2-1-3-8(9)11-7;1-2/h1-4,7,10H,5-6H2;1-2H3/t7-;/m0./s1. The summed E-state index contributed by atoms with van der Waals surface area (Å²) in [5.41, 5.74) is 0. The first-order chi connectivity index (χ1) is 6.90. The number of benzene rings is 1. The van der Waals surface area contributed by atoms with Gasteiger partial charge in [-0.15, -0.1) is 11.8 Å². The maximum Gasteiger partial charge on any atom is 0.133 e. The molecule has 1 aliphatic rings. The average Bonchev–Trinajstić information content (AvgIpc) is 2.31. The lowest BCUT2D eigenvalue weighted by Gasteiger charge is -2.23. The van der Waals surface area contributed by atoms with Gasteiger partial charge in [0.2, 0.25) is 0 Å². The number of aliphatic hydroxyl groups excluding tert-OH is 1. The van der Waals surface area contributed by atoms with E-state index in [1.54, 1.807) is 11.8 Å². The Bertz CT molecular complexity index is 276. The van der Waals surface area contributed by atoms with E-state index in [9.17, 15) is 0 Å². The molecule has 0 bridgehead atoms. The van der Waals surface area contributed by atoms with Crippen LogP contribution in [0.1, 0.15) is 13.8 Å². The molecule has 0 fully saturated rings. The van der Waals surface area contributed by atoms with Crippen molar-refractivity contribution in [3.05, 3.63) is 24.3 Å². The van der Waals surface area contributed by atoms with E-state index in [2.05, 4.69) is 0 Å². The second-order valence-corrected chi connectivity index (χ2v) is 3.74. The van der Waals surface area contributed by atoms with Crippen LogP contribution >= 0.6 is 11.8 Å². The summed E-state index contributed by atoms with van der Waals surface area (Å²) in [7, 11) is 0. The second kappa shape index (κ2) is 5.94. The van der Waals surface area contributed by atoms with Gasteiger partial charge in [0.25, 0.3) is 0 Å². The molecule has 3 heteroatoms. The third-order valence-electron chi connectivity index (χ3n) is 1.77. The predicted octanol–water partition coefficient (Wildman–Crippen LogP) is 2.56. The minimum atomic E-state index is -0.0371. The van der Waals surface area contributed by atoms with Crippen LogP contribution in [0, 0.1) is 0 Å². The van der Waals surface area contributed by atoms with E-state index in [-0.39, 0.29) is 12.7 Å².